The standard InChI is InChI=1S/C18H19N3O4S/c1-2-21-16(23)15(12-20-13-7-4-3-5-8-13)26-17(21)14(11-19)18(24)25-10-6-9-22/h3-5,7-8,12,20,22H,2,6,9-10H2,1H3. The molecule has 2 rings (SSSR count). The second-order valence-corrected chi connectivity index (χ2v) is 6.21. The SMILES string of the molecule is CCn1c(=C(C#N)C(=O)OCCCO)sc(=CNc2ccccc2)c1=O. The normalized spacial score (nSPS) is 12.4. The molecule has 0 saturated heterocycles. The van der Waals surface area contributed by atoms with Crippen LogP contribution in [0.3, 0.4) is 0 Å². The van der Waals surface area contributed by atoms with E-state index in [0.29, 0.717) is 11.1 Å². The van der Waals surface area contributed by atoms with Gasteiger partial charge in [0.15, 0.2) is 5.57 Å². The van der Waals surface area contributed by atoms with Crippen molar-refractivity contribution >= 4 is 34.8 Å². The van der Waals surface area contributed by atoms with Crippen molar-refractivity contribution in [3.63, 3.8) is 0 Å². The summed E-state index contributed by atoms with van der Waals surface area (Å²) in [7, 11) is 0. The lowest BCUT2D eigenvalue weighted by atomic mass is 10.3. The van der Waals surface area contributed by atoms with Gasteiger partial charge in [0.2, 0.25) is 0 Å². The Hall–Kier alpha value is -2.89. The summed E-state index contributed by atoms with van der Waals surface area (Å²) in [6.07, 6.45) is 1.85. The Balaban J connectivity index is 2.47. The molecule has 0 atom stereocenters. The molecule has 0 aliphatic rings. The number of hydrogen-bond acceptors (Lipinski definition) is 7. The first-order chi connectivity index (χ1) is 12.6. The number of rotatable bonds is 7. The van der Waals surface area contributed by atoms with E-state index in [1.54, 1.807) is 13.1 Å². The summed E-state index contributed by atoms with van der Waals surface area (Å²) < 4.78 is 6.98. The summed E-state index contributed by atoms with van der Waals surface area (Å²) in [5.74, 6) is -0.799. The van der Waals surface area contributed by atoms with Crippen LogP contribution in [-0.4, -0.2) is 28.9 Å². The molecule has 1 aromatic heterocycles. The second kappa shape index (κ2) is 9.56. The number of hydrogen-bond donors (Lipinski definition) is 2. The van der Waals surface area contributed by atoms with Gasteiger partial charge in [-0.3, -0.25) is 9.36 Å². The Bertz CT molecular complexity index is 971. The topological polar surface area (TPSA) is 104 Å². The van der Waals surface area contributed by atoms with E-state index in [9.17, 15) is 14.9 Å². The smallest absolute Gasteiger partial charge is 0.351 e. The molecule has 26 heavy (non-hydrogen) atoms. The van der Waals surface area contributed by atoms with Gasteiger partial charge < -0.3 is 15.2 Å². The maximum atomic E-state index is 12.5. The van der Waals surface area contributed by atoms with E-state index in [0.717, 1.165) is 17.0 Å². The first kappa shape index (κ1) is 19.4. The Morgan fingerprint density at radius 2 is 2.15 bits per heavy atom. The quantitative estimate of drug-likeness (QED) is 0.537. The van der Waals surface area contributed by atoms with E-state index in [1.807, 2.05) is 36.4 Å². The lowest BCUT2D eigenvalue weighted by Crippen LogP contribution is -2.32. The molecule has 2 aromatic rings. The maximum Gasteiger partial charge on any atom is 0.351 e. The summed E-state index contributed by atoms with van der Waals surface area (Å²) in [4.78, 5) is 24.7. The Morgan fingerprint density at radius 1 is 1.42 bits per heavy atom. The first-order valence-electron chi connectivity index (χ1n) is 8.06. The van der Waals surface area contributed by atoms with Gasteiger partial charge >= 0.3 is 5.97 Å². The molecule has 0 bridgehead atoms. The van der Waals surface area contributed by atoms with Crippen LogP contribution in [0.4, 0.5) is 5.69 Å². The number of carbonyl (C=O) groups is 1. The number of ether oxygens (including phenoxy) is 1. The number of aromatic nitrogens is 1. The predicted octanol–water partition coefficient (Wildman–Crippen LogP) is 0.380. The van der Waals surface area contributed by atoms with Crippen molar-refractivity contribution < 1.29 is 14.6 Å². The Labute approximate surface area is 154 Å². The molecule has 1 heterocycles. The van der Waals surface area contributed by atoms with Crippen molar-refractivity contribution in [2.75, 3.05) is 18.5 Å². The molecule has 0 radical (unpaired) electrons. The highest BCUT2D eigenvalue weighted by Gasteiger charge is 2.16. The molecule has 0 aliphatic carbocycles. The van der Waals surface area contributed by atoms with Gasteiger partial charge in [-0.15, -0.1) is 11.3 Å². The van der Waals surface area contributed by atoms with Crippen LogP contribution in [-0.2, 0) is 16.1 Å². The first-order valence-corrected chi connectivity index (χ1v) is 8.87. The minimum atomic E-state index is -0.799. The summed E-state index contributed by atoms with van der Waals surface area (Å²) in [6.45, 7) is 1.98. The molecule has 0 fully saturated rings. The number of carbonyl (C=O) groups excluding carboxylic acids is 1. The molecule has 0 amide bonds. The number of nitriles is 1. The zero-order valence-corrected chi connectivity index (χ0v) is 15.1. The van der Waals surface area contributed by atoms with Crippen LogP contribution in [0.15, 0.2) is 35.1 Å². The van der Waals surface area contributed by atoms with Gasteiger partial charge in [-0.25, -0.2) is 4.79 Å². The summed E-state index contributed by atoms with van der Waals surface area (Å²) in [5.41, 5.74) is 0.316. The molecule has 0 aliphatic heterocycles. The fourth-order valence-electron chi connectivity index (χ4n) is 2.16. The number of anilines is 1. The fraction of sp³-hybridized carbons (Fsp3) is 0.278. The van der Waals surface area contributed by atoms with Crippen molar-refractivity contribution in [2.24, 2.45) is 0 Å². The number of aliphatic hydroxyl groups excluding tert-OH is 1. The van der Waals surface area contributed by atoms with E-state index in [1.165, 1.54) is 4.57 Å². The van der Waals surface area contributed by atoms with Crippen molar-refractivity contribution in [2.45, 2.75) is 19.9 Å². The molecule has 0 saturated carbocycles. The van der Waals surface area contributed by atoms with Crippen LogP contribution in [0.5, 0.6) is 0 Å². The highest BCUT2D eigenvalue weighted by molar-refractivity contribution is 7.07. The number of aliphatic hydroxyl groups is 1. The Morgan fingerprint density at radius 3 is 2.77 bits per heavy atom. The van der Waals surface area contributed by atoms with Gasteiger partial charge in [0.05, 0.1) is 6.61 Å². The van der Waals surface area contributed by atoms with Crippen LogP contribution in [0.1, 0.15) is 13.3 Å². The summed E-state index contributed by atoms with van der Waals surface area (Å²) in [6, 6.07) is 11.2. The van der Waals surface area contributed by atoms with Crippen LogP contribution in [0.25, 0.3) is 11.8 Å². The van der Waals surface area contributed by atoms with Gasteiger partial charge in [0.25, 0.3) is 5.56 Å². The van der Waals surface area contributed by atoms with Gasteiger partial charge in [-0.2, -0.15) is 5.26 Å². The zero-order valence-electron chi connectivity index (χ0n) is 14.3. The van der Waals surface area contributed by atoms with E-state index in [2.05, 4.69) is 5.32 Å². The molecule has 2 N–H and O–H groups in total. The Kier molecular flexibility index (Phi) is 7.14. The lowest BCUT2D eigenvalue weighted by Gasteiger charge is -2.02. The predicted molar refractivity (Wildman–Crippen MR) is 99.7 cm³/mol. The summed E-state index contributed by atoms with van der Waals surface area (Å²) in [5, 5.41) is 21.1. The van der Waals surface area contributed by atoms with Crippen LogP contribution in [0.2, 0.25) is 0 Å². The van der Waals surface area contributed by atoms with Gasteiger partial charge in [0, 0.05) is 31.5 Å². The molecule has 0 spiro atoms. The van der Waals surface area contributed by atoms with Gasteiger partial charge in [0.1, 0.15) is 15.3 Å². The number of benzene rings is 1. The van der Waals surface area contributed by atoms with E-state index in [4.69, 9.17) is 9.84 Å². The van der Waals surface area contributed by atoms with Crippen LogP contribution >= 0.6 is 11.3 Å². The number of nitrogens with zero attached hydrogens (tertiary/aromatic N) is 2. The minimum Gasteiger partial charge on any atom is -0.461 e. The molecular weight excluding hydrogens is 354 g/mol. The number of esters is 1. The van der Waals surface area contributed by atoms with E-state index >= 15 is 0 Å². The third-order valence-electron chi connectivity index (χ3n) is 3.43. The van der Waals surface area contributed by atoms with Crippen molar-refractivity contribution in [1.82, 2.24) is 4.57 Å². The molecule has 136 valence electrons. The average Bonchev–Trinajstić information content (AvgIpc) is 2.97. The van der Waals surface area contributed by atoms with E-state index < -0.39 is 5.97 Å². The van der Waals surface area contributed by atoms with Crippen molar-refractivity contribution in [3.05, 3.63) is 49.9 Å². The number of nitrogens with one attached hydrogen (secondary N) is 1. The molecule has 1 aromatic carbocycles. The third kappa shape index (κ3) is 4.59. The van der Waals surface area contributed by atoms with Crippen molar-refractivity contribution in [3.8, 4) is 6.07 Å². The molecule has 7 nitrogen and oxygen atoms in total. The highest BCUT2D eigenvalue weighted by Crippen LogP contribution is 2.04. The van der Waals surface area contributed by atoms with Crippen LogP contribution < -0.4 is 20.1 Å². The van der Waals surface area contributed by atoms with Crippen molar-refractivity contribution in [1.29, 1.82) is 5.26 Å². The van der Waals surface area contributed by atoms with Gasteiger partial charge in [-0.1, -0.05) is 18.2 Å². The molecule has 8 heteroatoms. The van der Waals surface area contributed by atoms with E-state index in [-0.39, 0.29) is 35.4 Å². The van der Waals surface area contributed by atoms with Crippen LogP contribution in [0, 0.1) is 11.3 Å². The highest BCUT2D eigenvalue weighted by atomic mass is 32.1. The number of thiazole rings is 1. The zero-order chi connectivity index (χ0) is 18.9. The largest absolute Gasteiger partial charge is 0.461 e. The summed E-state index contributed by atoms with van der Waals surface area (Å²) >= 11 is 1.05. The third-order valence-corrected chi connectivity index (χ3v) is 4.56. The molecule has 0 unspecified atom stereocenters. The number of para-hydroxylation sites is 1. The second-order valence-electron chi connectivity index (χ2n) is 5.18. The average molecular weight is 373 g/mol. The monoisotopic (exact) mass is 373 g/mol. The minimum absolute atomic E-state index is 0.0107. The molecular formula is C18H19N3O4S. The van der Waals surface area contributed by atoms with Gasteiger partial charge in [-0.05, 0) is 19.1 Å². The fourth-order valence-corrected chi connectivity index (χ4v) is 3.24. The maximum absolute atomic E-state index is 12.5. The lowest BCUT2D eigenvalue weighted by molar-refractivity contribution is -0.136.